The lowest BCUT2D eigenvalue weighted by Crippen LogP contribution is -2.37. The molecule has 0 unspecified atom stereocenters. The number of aromatic nitrogens is 3. The van der Waals surface area contributed by atoms with Crippen molar-refractivity contribution in [1.82, 2.24) is 25.3 Å². The van der Waals surface area contributed by atoms with Crippen molar-refractivity contribution in [2.45, 2.75) is 39.7 Å². The minimum atomic E-state index is -0.301. The van der Waals surface area contributed by atoms with E-state index in [1.54, 1.807) is 32.3 Å². The highest BCUT2D eigenvalue weighted by Crippen LogP contribution is 2.20. The van der Waals surface area contributed by atoms with Gasteiger partial charge in [-0.2, -0.15) is 0 Å². The smallest absolute Gasteiger partial charge is 0.273 e. The minimum absolute atomic E-state index is 0.149. The van der Waals surface area contributed by atoms with Crippen LogP contribution in [-0.2, 0) is 17.8 Å². The molecule has 3 heterocycles. The van der Waals surface area contributed by atoms with Gasteiger partial charge in [-0.3, -0.25) is 19.6 Å². The number of hydrogen-bond donors (Lipinski definition) is 1. The Bertz CT molecular complexity index is 763. The molecule has 0 aliphatic carbocycles. The van der Waals surface area contributed by atoms with Crippen LogP contribution in [0, 0.1) is 12.8 Å². The molecule has 2 aromatic rings. The number of piperidine rings is 1. The quantitative estimate of drug-likeness (QED) is 0.870. The van der Waals surface area contributed by atoms with Gasteiger partial charge in [0.05, 0.1) is 24.1 Å². The monoisotopic (exact) mass is 357 g/mol. The SMILES string of the molecule is CC(=O)N1CCC(Cc2cnc(CNC(=O)c3cc(C)on3)cn2)CC1. The molecule has 0 spiro atoms. The van der Waals surface area contributed by atoms with E-state index < -0.39 is 0 Å². The zero-order valence-electron chi connectivity index (χ0n) is 15.1. The zero-order valence-corrected chi connectivity index (χ0v) is 15.1. The molecule has 8 heteroatoms. The van der Waals surface area contributed by atoms with Gasteiger partial charge in [-0.15, -0.1) is 0 Å². The summed E-state index contributed by atoms with van der Waals surface area (Å²) in [5.74, 6) is 0.967. The van der Waals surface area contributed by atoms with Gasteiger partial charge in [-0.25, -0.2) is 0 Å². The van der Waals surface area contributed by atoms with Gasteiger partial charge in [-0.05, 0) is 32.1 Å². The molecule has 26 heavy (non-hydrogen) atoms. The summed E-state index contributed by atoms with van der Waals surface area (Å²) in [6.07, 6.45) is 6.31. The third kappa shape index (κ3) is 4.65. The lowest BCUT2D eigenvalue weighted by molar-refractivity contribution is -0.130. The highest BCUT2D eigenvalue weighted by Gasteiger charge is 2.21. The molecule has 1 fully saturated rings. The number of carbonyl (C=O) groups is 2. The predicted molar refractivity (Wildman–Crippen MR) is 93.1 cm³/mol. The van der Waals surface area contributed by atoms with Gasteiger partial charge in [0.25, 0.3) is 5.91 Å². The molecule has 1 saturated heterocycles. The molecule has 1 aliphatic heterocycles. The first-order chi connectivity index (χ1) is 12.5. The Labute approximate surface area is 152 Å². The fraction of sp³-hybridized carbons (Fsp3) is 0.500. The van der Waals surface area contributed by atoms with E-state index in [1.807, 2.05) is 4.90 Å². The third-order valence-corrected chi connectivity index (χ3v) is 4.61. The fourth-order valence-electron chi connectivity index (χ4n) is 3.06. The second-order valence-corrected chi connectivity index (χ2v) is 6.66. The summed E-state index contributed by atoms with van der Waals surface area (Å²) in [5.41, 5.74) is 1.88. The zero-order chi connectivity index (χ0) is 18.5. The Morgan fingerprint density at radius 1 is 1.23 bits per heavy atom. The highest BCUT2D eigenvalue weighted by molar-refractivity contribution is 5.92. The molecule has 8 nitrogen and oxygen atoms in total. The minimum Gasteiger partial charge on any atom is -0.361 e. The number of aryl methyl sites for hydroxylation is 1. The molecule has 0 saturated carbocycles. The number of rotatable bonds is 5. The summed E-state index contributed by atoms with van der Waals surface area (Å²) in [6, 6.07) is 1.58. The van der Waals surface area contributed by atoms with Crippen molar-refractivity contribution in [1.29, 1.82) is 0 Å². The second kappa shape index (κ2) is 8.07. The van der Waals surface area contributed by atoms with Crippen molar-refractivity contribution in [3.63, 3.8) is 0 Å². The van der Waals surface area contributed by atoms with Crippen molar-refractivity contribution in [3.05, 3.63) is 41.3 Å². The van der Waals surface area contributed by atoms with Gasteiger partial charge in [0.2, 0.25) is 5.91 Å². The van der Waals surface area contributed by atoms with Gasteiger partial charge in [-0.1, -0.05) is 5.16 Å². The molecular formula is C18H23N5O3. The summed E-state index contributed by atoms with van der Waals surface area (Å²) < 4.78 is 4.88. The van der Waals surface area contributed by atoms with E-state index in [2.05, 4.69) is 20.4 Å². The van der Waals surface area contributed by atoms with Crippen LogP contribution in [0.4, 0.5) is 0 Å². The summed E-state index contributed by atoms with van der Waals surface area (Å²) in [7, 11) is 0. The Kier molecular flexibility index (Phi) is 5.60. The first kappa shape index (κ1) is 18.0. The average Bonchev–Trinajstić information content (AvgIpc) is 3.08. The van der Waals surface area contributed by atoms with Crippen LogP contribution in [0.3, 0.4) is 0 Å². The summed E-state index contributed by atoms with van der Waals surface area (Å²) in [4.78, 5) is 34.0. The normalized spacial score (nSPS) is 15.1. The van der Waals surface area contributed by atoms with Crippen LogP contribution in [0.1, 0.15) is 47.4 Å². The van der Waals surface area contributed by atoms with Crippen molar-refractivity contribution < 1.29 is 14.1 Å². The molecule has 3 rings (SSSR count). The largest absolute Gasteiger partial charge is 0.361 e. The van der Waals surface area contributed by atoms with E-state index in [0.717, 1.165) is 38.0 Å². The lowest BCUT2D eigenvalue weighted by atomic mass is 9.92. The van der Waals surface area contributed by atoms with Gasteiger partial charge in [0.15, 0.2) is 5.69 Å². The summed E-state index contributed by atoms with van der Waals surface area (Å²) >= 11 is 0. The summed E-state index contributed by atoms with van der Waals surface area (Å²) in [6.45, 7) is 5.28. The van der Waals surface area contributed by atoms with Crippen molar-refractivity contribution >= 4 is 11.8 Å². The van der Waals surface area contributed by atoms with Crippen LogP contribution in [0.2, 0.25) is 0 Å². The Morgan fingerprint density at radius 3 is 2.50 bits per heavy atom. The Hall–Kier alpha value is -2.77. The number of hydrogen-bond acceptors (Lipinski definition) is 6. The second-order valence-electron chi connectivity index (χ2n) is 6.66. The van der Waals surface area contributed by atoms with Gasteiger partial charge >= 0.3 is 0 Å². The fourth-order valence-corrected chi connectivity index (χ4v) is 3.06. The predicted octanol–water partition coefficient (Wildman–Crippen LogP) is 1.50. The van der Waals surface area contributed by atoms with Gasteiger partial charge in [0.1, 0.15) is 5.76 Å². The molecule has 2 amide bonds. The molecular weight excluding hydrogens is 334 g/mol. The highest BCUT2D eigenvalue weighted by atomic mass is 16.5. The molecule has 138 valence electrons. The van der Waals surface area contributed by atoms with E-state index >= 15 is 0 Å². The maximum Gasteiger partial charge on any atom is 0.273 e. The molecule has 0 atom stereocenters. The van der Waals surface area contributed by atoms with E-state index in [0.29, 0.717) is 17.4 Å². The van der Waals surface area contributed by atoms with Gasteiger partial charge in [0, 0.05) is 32.3 Å². The molecule has 0 radical (unpaired) electrons. The lowest BCUT2D eigenvalue weighted by Gasteiger charge is -2.31. The molecule has 0 bridgehead atoms. The third-order valence-electron chi connectivity index (χ3n) is 4.61. The molecule has 2 aromatic heterocycles. The standard InChI is InChI=1S/C18H23N5O3/c1-12-7-17(22-26-12)18(25)21-11-16-10-19-15(9-20-16)8-14-3-5-23(6-4-14)13(2)24/h7,9-10,14H,3-6,8,11H2,1-2H3,(H,21,25). The average molecular weight is 357 g/mol. The number of carbonyl (C=O) groups excluding carboxylic acids is 2. The number of likely N-dealkylation sites (tertiary alicyclic amines) is 1. The maximum absolute atomic E-state index is 11.9. The first-order valence-electron chi connectivity index (χ1n) is 8.78. The van der Waals surface area contributed by atoms with Crippen molar-refractivity contribution in [3.8, 4) is 0 Å². The van der Waals surface area contributed by atoms with Gasteiger partial charge < -0.3 is 14.7 Å². The maximum atomic E-state index is 11.9. The number of nitrogens with zero attached hydrogens (tertiary/aromatic N) is 4. The van der Waals surface area contributed by atoms with E-state index in [9.17, 15) is 9.59 Å². The number of nitrogens with one attached hydrogen (secondary N) is 1. The Balaban J connectivity index is 1.46. The van der Waals surface area contributed by atoms with Crippen LogP contribution in [0.5, 0.6) is 0 Å². The van der Waals surface area contributed by atoms with Crippen LogP contribution < -0.4 is 5.32 Å². The number of amides is 2. The van der Waals surface area contributed by atoms with Crippen molar-refractivity contribution in [2.24, 2.45) is 5.92 Å². The molecule has 1 aliphatic rings. The van der Waals surface area contributed by atoms with Crippen molar-refractivity contribution in [2.75, 3.05) is 13.1 Å². The van der Waals surface area contributed by atoms with E-state index in [1.165, 1.54) is 0 Å². The van der Waals surface area contributed by atoms with Crippen LogP contribution in [0.15, 0.2) is 23.0 Å². The summed E-state index contributed by atoms with van der Waals surface area (Å²) in [5, 5.41) is 6.42. The molecule has 1 N–H and O–H groups in total. The Morgan fingerprint density at radius 2 is 1.92 bits per heavy atom. The van der Waals surface area contributed by atoms with Crippen LogP contribution >= 0.6 is 0 Å². The van der Waals surface area contributed by atoms with Crippen LogP contribution in [0.25, 0.3) is 0 Å². The van der Waals surface area contributed by atoms with Crippen LogP contribution in [-0.4, -0.2) is 44.9 Å². The first-order valence-corrected chi connectivity index (χ1v) is 8.78. The van der Waals surface area contributed by atoms with E-state index in [4.69, 9.17) is 4.52 Å². The van der Waals surface area contributed by atoms with E-state index in [-0.39, 0.29) is 24.1 Å². The molecule has 0 aromatic carbocycles. The topological polar surface area (TPSA) is 101 Å².